The first-order valence-electron chi connectivity index (χ1n) is 4.89. The molecule has 1 N–H and O–H groups in total. The molecule has 0 unspecified atom stereocenters. The Kier molecular flexibility index (Phi) is 2.34. The summed E-state index contributed by atoms with van der Waals surface area (Å²) in [6.07, 6.45) is 1.58. The van der Waals surface area contributed by atoms with Gasteiger partial charge in [-0.2, -0.15) is 0 Å². The summed E-state index contributed by atoms with van der Waals surface area (Å²) >= 11 is 0. The van der Waals surface area contributed by atoms with Crippen molar-refractivity contribution >= 4 is 12.0 Å². The van der Waals surface area contributed by atoms with E-state index >= 15 is 0 Å². The van der Waals surface area contributed by atoms with E-state index in [0.717, 1.165) is 5.56 Å². The molecule has 0 aliphatic carbocycles. The lowest BCUT2D eigenvalue weighted by Crippen LogP contribution is -2.19. The van der Waals surface area contributed by atoms with Crippen LogP contribution in [0.15, 0.2) is 30.0 Å². The lowest BCUT2D eigenvalue weighted by molar-refractivity contribution is -0.159. The molecule has 0 radical (unpaired) electrons. The number of carbonyl (C=O) groups is 1. The second-order valence-corrected chi connectivity index (χ2v) is 3.99. The first-order valence-corrected chi connectivity index (χ1v) is 4.89. The SMILES string of the molecule is CC1(C)OC(=O)/C(=C\c2ccc(O)cc2)O1. The number of ether oxygens (including phenoxy) is 2. The van der Waals surface area contributed by atoms with Gasteiger partial charge >= 0.3 is 5.97 Å². The standard InChI is InChI=1S/C12H12O4/c1-12(2)15-10(11(14)16-12)7-8-3-5-9(13)6-4-8/h3-7,13H,1-2H3/b10-7+. The van der Waals surface area contributed by atoms with Crippen LogP contribution >= 0.6 is 0 Å². The lowest BCUT2D eigenvalue weighted by Gasteiger charge is -2.13. The van der Waals surface area contributed by atoms with Crippen molar-refractivity contribution in [3.8, 4) is 5.75 Å². The zero-order valence-corrected chi connectivity index (χ0v) is 9.06. The smallest absolute Gasteiger partial charge is 0.377 e. The Balaban J connectivity index is 2.25. The molecule has 1 aliphatic heterocycles. The highest BCUT2D eigenvalue weighted by atomic mass is 16.8. The Labute approximate surface area is 93.1 Å². The Hall–Kier alpha value is -1.97. The molecule has 0 spiro atoms. The molecule has 4 heteroatoms. The van der Waals surface area contributed by atoms with Gasteiger partial charge < -0.3 is 14.6 Å². The van der Waals surface area contributed by atoms with Crippen molar-refractivity contribution in [2.45, 2.75) is 19.6 Å². The van der Waals surface area contributed by atoms with Crippen molar-refractivity contribution in [1.29, 1.82) is 0 Å². The van der Waals surface area contributed by atoms with Crippen LogP contribution in [0.4, 0.5) is 0 Å². The molecule has 0 amide bonds. The van der Waals surface area contributed by atoms with Gasteiger partial charge in [-0.15, -0.1) is 0 Å². The van der Waals surface area contributed by atoms with E-state index in [-0.39, 0.29) is 11.5 Å². The Morgan fingerprint density at radius 3 is 2.31 bits per heavy atom. The number of phenolic OH excluding ortho intramolecular Hbond substituents is 1. The van der Waals surface area contributed by atoms with Gasteiger partial charge in [-0.25, -0.2) is 4.79 Å². The molecule has 1 heterocycles. The van der Waals surface area contributed by atoms with E-state index in [9.17, 15) is 4.79 Å². The zero-order valence-electron chi connectivity index (χ0n) is 9.06. The van der Waals surface area contributed by atoms with Crippen LogP contribution < -0.4 is 0 Å². The maximum Gasteiger partial charge on any atom is 0.377 e. The third-order valence-corrected chi connectivity index (χ3v) is 2.09. The molecule has 1 aromatic carbocycles. The number of carbonyl (C=O) groups excluding carboxylic acids is 1. The summed E-state index contributed by atoms with van der Waals surface area (Å²) in [4.78, 5) is 11.4. The molecule has 1 fully saturated rings. The van der Waals surface area contributed by atoms with Crippen LogP contribution in [0, 0.1) is 0 Å². The highest BCUT2D eigenvalue weighted by Crippen LogP contribution is 2.27. The van der Waals surface area contributed by atoms with Gasteiger partial charge in [-0.3, -0.25) is 0 Å². The van der Waals surface area contributed by atoms with Gasteiger partial charge in [-0.05, 0) is 23.8 Å². The van der Waals surface area contributed by atoms with E-state index in [0.29, 0.717) is 0 Å². The number of cyclic esters (lactones) is 1. The van der Waals surface area contributed by atoms with Gasteiger partial charge in [0, 0.05) is 13.8 Å². The van der Waals surface area contributed by atoms with E-state index in [4.69, 9.17) is 14.6 Å². The van der Waals surface area contributed by atoms with Crippen LogP contribution in [0.2, 0.25) is 0 Å². The summed E-state index contributed by atoms with van der Waals surface area (Å²) < 4.78 is 10.3. The minimum Gasteiger partial charge on any atom is -0.508 e. The highest BCUT2D eigenvalue weighted by Gasteiger charge is 2.37. The van der Waals surface area contributed by atoms with E-state index in [1.807, 2.05) is 0 Å². The average Bonchev–Trinajstić information content (AvgIpc) is 2.44. The van der Waals surface area contributed by atoms with Gasteiger partial charge in [0.25, 0.3) is 0 Å². The lowest BCUT2D eigenvalue weighted by atomic mass is 10.2. The number of aromatic hydroxyl groups is 1. The van der Waals surface area contributed by atoms with Crippen molar-refractivity contribution in [2.75, 3.05) is 0 Å². The maximum atomic E-state index is 11.4. The number of benzene rings is 1. The molecule has 1 aromatic rings. The molecular formula is C12H12O4. The zero-order chi connectivity index (χ0) is 11.8. The molecule has 1 aliphatic rings. The van der Waals surface area contributed by atoms with E-state index < -0.39 is 11.8 Å². The van der Waals surface area contributed by atoms with Crippen molar-refractivity contribution in [1.82, 2.24) is 0 Å². The normalized spacial score (nSPS) is 20.6. The Morgan fingerprint density at radius 1 is 1.19 bits per heavy atom. The molecule has 0 bridgehead atoms. The first kappa shape index (κ1) is 10.5. The maximum absolute atomic E-state index is 11.4. The molecular weight excluding hydrogens is 208 g/mol. The largest absolute Gasteiger partial charge is 0.508 e. The third-order valence-electron chi connectivity index (χ3n) is 2.09. The van der Waals surface area contributed by atoms with Crippen LogP contribution in [0.1, 0.15) is 19.4 Å². The number of hydrogen-bond donors (Lipinski definition) is 1. The van der Waals surface area contributed by atoms with Gasteiger partial charge in [0.2, 0.25) is 11.5 Å². The molecule has 0 saturated carbocycles. The van der Waals surface area contributed by atoms with Gasteiger partial charge in [-0.1, -0.05) is 12.1 Å². The number of phenols is 1. The summed E-state index contributed by atoms with van der Waals surface area (Å²) in [6, 6.07) is 6.45. The van der Waals surface area contributed by atoms with Gasteiger partial charge in [0.1, 0.15) is 5.75 Å². The molecule has 4 nitrogen and oxygen atoms in total. The molecule has 1 saturated heterocycles. The van der Waals surface area contributed by atoms with Crippen molar-refractivity contribution in [3.63, 3.8) is 0 Å². The van der Waals surface area contributed by atoms with E-state index in [1.54, 1.807) is 32.1 Å². The predicted octanol–water partition coefficient (Wildman–Crippen LogP) is 2.04. The van der Waals surface area contributed by atoms with Crippen molar-refractivity contribution < 1.29 is 19.4 Å². The van der Waals surface area contributed by atoms with Crippen molar-refractivity contribution in [3.05, 3.63) is 35.6 Å². The minimum absolute atomic E-state index is 0.177. The number of hydrogen-bond acceptors (Lipinski definition) is 4. The summed E-state index contributed by atoms with van der Waals surface area (Å²) in [6.45, 7) is 3.34. The topological polar surface area (TPSA) is 55.8 Å². The van der Waals surface area contributed by atoms with Crippen LogP contribution in [0.3, 0.4) is 0 Å². The van der Waals surface area contributed by atoms with Gasteiger partial charge in [0.05, 0.1) is 0 Å². The van der Waals surface area contributed by atoms with Crippen molar-refractivity contribution in [2.24, 2.45) is 0 Å². The first-order chi connectivity index (χ1) is 7.46. The fourth-order valence-electron chi connectivity index (χ4n) is 1.41. The summed E-state index contributed by atoms with van der Waals surface area (Å²) in [7, 11) is 0. The minimum atomic E-state index is -0.903. The fraction of sp³-hybridized carbons (Fsp3) is 0.250. The molecule has 0 atom stereocenters. The molecule has 16 heavy (non-hydrogen) atoms. The fourth-order valence-corrected chi connectivity index (χ4v) is 1.41. The van der Waals surface area contributed by atoms with E-state index in [2.05, 4.69) is 0 Å². The van der Waals surface area contributed by atoms with E-state index in [1.165, 1.54) is 12.1 Å². The second-order valence-electron chi connectivity index (χ2n) is 3.99. The molecule has 0 aromatic heterocycles. The number of esters is 1. The highest BCUT2D eigenvalue weighted by molar-refractivity contribution is 5.93. The van der Waals surface area contributed by atoms with Gasteiger partial charge in [0.15, 0.2) is 0 Å². The van der Waals surface area contributed by atoms with Crippen LogP contribution in [-0.2, 0) is 14.3 Å². The monoisotopic (exact) mass is 220 g/mol. The number of rotatable bonds is 1. The Morgan fingerprint density at radius 2 is 1.81 bits per heavy atom. The second kappa shape index (κ2) is 3.56. The van der Waals surface area contributed by atoms with Crippen LogP contribution in [0.25, 0.3) is 6.08 Å². The molecule has 84 valence electrons. The Bertz CT molecular complexity index is 443. The molecule has 2 rings (SSSR count). The summed E-state index contributed by atoms with van der Waals surface area (Å²) in [5, 5.41) is 9.11. The third kappa shape index (κ3) is 2.16. The summed E-state index contributed by atoms with van der Waals surface area (Å²) in [5.74, 6) is -1.02. The van der Waals surface area contributed by atoms with Crippen LogP contribution in [-0.4, -0.2) is 16.9 Å². The van der Waals surface area contributed by atoms with Crippen LogP contribution in [0.5, 0.6) is 5.75 Å². The quantitative estimate of drug-likeness (QED) is 0.581. The predicted molar refractivity (Wildman–Crippen MR) is 57.3 cm³/mol. The summed E-state index contributed by atoms with van der Waals surface area (Å²) in [5.41, 5.74) is 0.766. The average molecular weight is 220 g/mol.